The molecule has 1 amide bonds. The SMILES string of the molecule is NNCNCCc1ccc2c(c1)CCC(=O)N2. The van der Waals surface area contributed by atoms with Crippen LogP contribution < -0.4 is 21.9 Å². The fourth-order valence-corrected chi connectivity index (χ4v) is 1.99. The number of rotatable bonds is 5. The van der Waals surface area contributed by atoms with E-state index in [1.807, 2.05) is 6.07 Å². The summed E-state index contributed by atoms with van der Waals surface area (Å²) in [7, 11) is 0. The Bertz CT molecular complexity index is 405. The Morgan fingerprint density at radius 1 is 1.35 bits per heavy atom. The van der Waals surface area contributed by atoms with Crippen molar-refractivity contribution in [1.29, 1.82) is 0 Å². The van der Waals surface area contributed by atoms with Gasteiger partial charge in [0.1, 0.15) is 0 Å². The molecule has 1 aromatic rings. The third-order valence-electron chi connectivity index (χ3n) is 2.88. The number of hydrogen-bond donors (Lipinski definition) is 4. The van der Waals surface area contributed by atoms with E-state index in [4.69, 9.17) is 5.84 Å². The Morgan fingerprint density at radius 3 is 3.06 bits per heavy atom. The molecule has 92 valence electrons. The zero-order valence-corrected chi connectivity index (χ0v) is 9.75. The van der Waals surface area contributed by atoms with E-state index >= 15 is 0 Å². The lowest BCUT2D eigenvalue weighted by molar-refractivity contribution is -0.116. The summed E-state index contributed by atoms with van der Waals surface area (Å²) in [6.45, 7) is 1.50. The van der Waals surface area contributed by atoms with Gasteiger partial charge in [-0.1, -0.05) is 12.1 Å². The Balaban J connectivity index is 1.94. The molecule has 5 N–H and O–H groups in total. The molecule has 1 aliphatic rings. The standard InChI is InChI=1S/C12H18N4O/c13-15-8-14-6-5-9-1-3-11-10(7-9)2-4-12(17)16-11/h1,3,7,14-15H,2,4-6,8,13H2,(H,16,17). The van der Waals surface area contributed by atoms with Gasteiger partial charge in [0.05, 0.1) is 6.67 Å². The lowest BCUT2D eigenvalue weighted by Crippen LogP contribution is -2.34. The summed E-state index contributed by atoms with van der Waals surface area (Å²) in [5.74, 6) is 5.27. The zero-order chi connectivity index (χ0) is 12.1. The third-order valence-corrected chi connectivity index (χ3v) is 2.88. The summed E-state index contributed by atoms with van der Waals surface area (Å²) in [5.41, 5.74) is 6.03. The predicted molar refractivity (Wildman–Crippen MR) is 67.3 cm³/mol. The topological polar surface area (TPSA) is 79.2 Å². The summed E-state index contributed by atoms with van der Waals surface area (Å²) >= 11 is 0. The van der Waals surface area contributed by atoms with Crippen LogP contribution in [0, 0.1) is 0 Å². The number of carbonyl (C=O) groups is 1. The highest BCUT2D eigenvalue weighted by Crippen LogP contribution is 2.23. The lowest BCUT2D eigenvalue weighted by atomic mass is 9.99. The van der Waals surface area contributed by atoms with Crippen LogP contribution in [-0.2, 0) is 17.6 Å². The van der Waals surface area contributed by atoms with Gasteiger partial charge < -0.3 is 10.6 Å². The molecule has 0 aliphatic carbocycles. The molecule has 0 saturated carbocycles. The first-order valence-electron chi connectivity index (χ1n) is 5.85. The van der Waals surface area contributed by atoms with Crippen LogP contribution in [0.1, 0.15) is 17.5 Å². The molecule has 0 unspecified atom stereocenters. The first-order valence-corrected chi connectivity index (χ1v) is 5.85. The lowest BCUT2D eigenvalue weighted by Gasteiger charge is -2.17. The van der Waals surface area contributed by atoms with E-state index in [0.717, 1.165) is 25.1 Å². The zero-order valence-electron chi connectivity index (χ0n) is 9.75. The normalized spacial score (nSPS) is 14.3. The maximum atomic E-state index is 11.2. The average Bonchev–Trinajstić information content (AvgIpc) is 2.35. The van der Waals surface area contributed by atoms with Gasteiger partial charge in [0.15, 0.2) is 0 Å². The van der Waals surface area contributed by atoms with Crippen LogP contribution in [0.15, 0.2) is 18.2 Å². The fraction of sp³-hybridized carbons (Fsp3) is 0.417. The molecule has 17 heavy (non-hydrogen) atoms. The summed E-state index contributed by atoms with van der Waals surface area (Å²) < 4.78 is 0. The van der Waals surface area contributed by atoms with Crippen molar-refractivity contribution >= 4 is 11.6 Å². The van der Waals surface area contributed by atoms with E-state index in [9.17, 15) is 4.79 Å². The van der Waals surface area contributed by atoms with E-state index in [0.29, 0.717) is 13.1 Å². The number of amides is 1. The quantitative estimate of drug-likeness (QED) is 0.253. The highest BCUT2D eigenvalue weighted by molar-refractivity contribution is 5.93. The Labute approximate surface area is 101 Å². The fourth-order valence-electron chi connectivity index (χ4n) is 1.99. The average molecular weight is 234 g/mol. The van der Waals surface area contributed by atoms with Crippen molar-refractivity contribution in [2.24, 2.45) is 5.84 Å². The van der Waals surface area contributed by atoms with Crippen LogP contribution >= 0.6 is 0 Å². The van der Waals surface area contributed by atoms with Crippen molar-refractivity contribution < 1.29 is 4.79 Å². The number of fused-ring (bicyclic) bond motifs is 1. The summed E-state index contributed by atoms with van der Waals surface area (Å²) in [6, 6.07) is 6.22. The summed E-state index contributed by atoms with van der Waals surface area (Å²) in [4.78, 5) is 11.2. The molecule has 0 bridgehead atoms. The molecule has 0 aromatic heterocycles. The Morgan fingerprint density at radius 2 is 2.24 bits per heavy atom. The Kier molecular flexibility index (Phi) is 4.08. The highest BCUT2D eigenvalue weighted by Gasteiger charge is 2.14. The molecule has 2 rings (SSSR count). The number of aryl methyl sites for hydroxylation is 1. The second kappa shape index (κ2) is 5.77. The van der Waals surface area contributed by atoms with Crippen molar-refractivity contribution in [1.82, 2.24) is 10.7 Å². The largest absolute Gasteiger partial charge is 0.326 e. The molecule has 0 saturated heterocycles. The third kappa shape index (κ3) is 3.26. The van der Waals surface area contributed by atoms with E-state index < -0.39 is 0 Å². The van der Waals surface area contributed by atoms with Gasteiger partial charge in [0, 0.05) is 18.7 Å². The molecule has 0 radical (unpaired) electrons. The van der Waals surface area contributed by atoms with E-state index in [-0.39, 0.29) is 5.91 Å². The van der Waals surface area contributed by atoms with Gasteiger partial charge >= 0.3 is 0 Å². The number of hydrazine groups is 1. The number of benzene rings is 1. The molecule has 5 heteroatoms. The molecule has 1 aromatic carbocycles. The second-order valence-corrected chi connectivity index (χ2v) is 4.17. The smallest absolute Gasteiger partial charge is 0.224 e. The maximum absolute atomic E-state index is 11.2. The van der Waals surface area contributed by atoms with Gasteiger partial charge in [0.2, 0.25) is 5.91 Å². The maximum Gasteiger partial charge on any atom is 0.224 e. The van der Waals surface area contributed by atoms with Crippen LogP contribution in [0.4, 0.5) is 5.69 Å². The van der Waals surface area contributed by atoms with Crippen LogP contribution in [0.2, 0.25) is 0 Å². The van der Waals surface area contributed by atoms with Crippen LogP contribution in [0.3, 0.4) is 0 Å². The number of carbonyl (C=O) groups excluding carboxylic acids is 1. The van der Waals surface area contributed by atoms with Gasteiger partial charge in [-0.2, -0.15) is 0 Å². The van der Waals surface area contributed by atoms with Crippen molar-refractivity contribution in [3.05, 3.63) is 29.3 Å². The number of nitrogens with two attached hydrogens (primary N) is 1. The molecule has 1 aliphatic heterocycles. The minimum absolute atomic E-state index is 0.112. The van der Waals surface area contributed by atoms with Crippen molar-refractivity contribution in [3.8, 4) is 0 Å². The van der Waals surface area contributed by atoms with Crippen molar-refractivity contribution in [2.45, 2.75) is 19.3 Å². The minimum atomic E-state index is 0.112. The van der Waals surface area contributed by atoms with Gasteiger partial charge in [-0.05, 0) is 30.0 Å². The van der Waals surface area contributed by atoms with Crippen molar-refractivity contribution in [2.75, 3.05) is 18.5 Å². The monoisotopic (exact) mass is 234 g/mol. The second-order valence-electron chi connectivity index (χ2n) is 4.17. The highest BCUT2D eigenvalue weighted by atomic mass is 16.1. The minimum Gasteiger partial charge on any atom is -0.326 e. The van der Waals surface area contributed by atoms with E-state index in [1.165, 1.54) is 11.1 Å². The molecule has 1 heterocycles. The van der Waals surface area contributed by atoms with Gasteiger partial charge in [0.25, 0.3) is 0 Å². The van der Waals surface area contributed by atoms with E-state index in [1.54, 1.807) is 0 Å². The van der Waals surface area contributed by atoms with E-state index in [2.05, 4.69) is 28.2 Å². The molecular weight excluding hydrogens is 216 g/mol. The molecule has 0 fully saturated rings. The van der Waals surface area contributed by atoms with Crippen LogP contribution in [0.25, 0.3) is 0 Å². The van der Waals surface area contributed by atoms with Crippen molar-refractivity contribution in [3.63, 3.8) is 0 Å². The summed E-state index contributed by atoms with van der Waals surface area (Å²) in [5, 5.41) is 6.05. The number of nitrogens with one attached hydrogen (secondary N) is 3. The summed E-state index contributed by atoms with van der Waals surface area (Å²) in [6.07, 6.45) is 2.39. The Hall–Kier alpha value is -1.43. The number of hydrogen-bond acceptors (Lipinski definition) is 4. The van der Waals surface area contributed by atoms with Crippen LogP contribution in [-0.4, -0.2) is 19.1 Å². The molecular formula is C12H18N4O. The molecule has 5 nitrogen and oxygen atoms in total. The number of anilines is 1. The first-order chi connectivity index (χ1) is 8.29. The predicted octanol–water partition coefficient (Wildman–Crippen LogP) is 0.124. The molecule has 0 atom stereocenters. The van der Waals surface area contributed by atoms with Gasteiger partial charge in [-0.3, -0.25) is 10.6 Å². The van der Waals surface area contributed by atoms with Crippen LogP contribution in [0.5, 0.6) is 0 Å². The van der Waals surface area contributed by atoms with Gasteiger partial charge in [-0.25, -0.2) is 5.43 Å². The molecule has 0 spiro atoms. The first kappa shape index (κ1) is 12.0. The van der Waals surface area contributed by atoms with Gasteiger partial charge in [-0.15, -0.1) is 0 Å².